The third-order valence-corrected chi connectivity index (χ3v) is 12.1. The van der Waals surface area contributed by atoms with Crippen LogP contribution in [0.15, 0.2) is 12.5 Å². The van der Waals surface area contributed by atoms with Crippen molar-refractivity contribution in [2.75, 3.05) is 43.7 Å². The Labute approximate surface area is 374 Å². The highest BCUT2D eigenvalue weighted by Gasteiger charge is 2.41. The van der Waals surface area contributed by atoms with Crippen LogP contribution in [0.4, 0.5) is 0 Å². The zero-order chi connectivity index (χ0) is 46.8. The summed E-state index contributed by atoms with van der Waals surface area (Å²) in [5, 5.41) is 32.7. The minimum absolute atomic E-state index is 0.0839. The van der Waals surface area contributed by atoms with Crippen LogP contribution in [0.1, 0.15) is 70.9 Å². The molecule has 2 aliphatic heterocycles. The van der Waals surface area contributed by atoms with Gasteiger partial charge >= 0.3 is 5.97 Å². The molecule has 22 nitrogen and oxygen atoms in total. The third kappa shape index (κ3) is 15.7. The lowest BCUT2D eigenvalue weighted by Gasteiger charge is -2.31. The number of aliphatic carboxylic acids is 1. The van der Waals surface area contributed by atoms with Crippen LogP contribution in [0.5, 0.6) is 0 Å². The molecule has 0 radical (unpaired) electrons. The molecule has 1 aromatic heterocycles. The molecule has 352 valence electrons. The Bertz CT molecular complexity index is 1760. The first-order chi connectivity index (χ1) is 29.9. The van der Waals surface area contributed by atoms with Gasteiger partial charge in [0.2, 0.25) is 47.3 Å². The molecule has 3 rings (SSSR count). The molecule has 0 aliphatic carbocycles. The summed E-state index contributed by atoms with van der Waals surface area (Å²) in [4.78, 5) is 128. The quantitative estimate of drug-likeness (QED) is 0.0449. The summed E-state index contributed by atoms with van der Waals surface area (Å²) in [6.07, 6.45) is 7.78. The smallest absolute Gasteiger partial charge is 0.326 e. The molecule has 24 heteroatoms. The number of aromatic amines is 1. The molecule has 0 bridgehead atoms. The van der Waals surface area contributed by atoms with Crippen molar-refractivity contribution < 1.29 is 53.4 Å². The maximum atomic E-state index is 14.1. The summed E-state index contributed by atoms with van der Waals surface area (Å²) in [5.41, 5.74) is 12.0. The first kappa shape index (κ1) is 52.4. The highest BCUT2D eigenvalue weighted by molar-refractivity contribution is 7.98. The van der Waals surface area contributed by atoms with Crippen LogP contribution >= 0.6 is 23.5 Å². The number of amides is 8. The van der Waals surface area contributed by atoms with E-state index in [1.807, 2.05) is 6.26 Å². The molecule has 12 N–H and O–H groups in total. The predicted octanol–water partition coefficient (Wildman–Crippen LogP) is -2.81. The predicted molar refractivity (Wildman–Crippen MR) is 233 cm³/mol. The number of nitrogens with two attached hydrogens (primary N) is 2. The van der Waals surface area contributed by atoms with Crippen molar-refractivity contribution in [3.05, 3.63) is 18.2 Å². The molecule has 0 aromatic carbocycles. The van der Waals surface area contributed by atoms with Crippen molar-refractivity contribution in [3.8, 4) is 0 Å². The number of carbonyl (C=O) groups excluding carboxylic acids is 8. The number of likely N-dealkylation sites (tertiary alicyclic amines) is 2. The van der Waals surface area contributed by atoms with Gasteiger partial charge in [0.05, 0.1) is 19.0 Å². The van der Waals surface area contributed by atoms with E-state index in [0.717, 1.165) is 0 Å². The van der Waals surface area contributed by atoms with E-state index in [-0.39, 0.29) is 44.6 Å². The highest BCUT2D eigenvalue weighted by Crippen LogP contribution is 2.22. The molecule has 8 atom stereocenters. The topological polar surface area (TPSA) is 341 Å². The van der Waals surface area contributed by atoms with Crippen LogP contribution in [0, 0.1) is 5.92 Å². The van der Waals surface area contributed by atoms with Gasteiger partial charge in [-0.3, -0.25) is 38.4 Å². The number of hydrogen-bond donors (Lipinski definition) is 10. The second-order valence-corrected chi connectivity index (χ2v) is 17.8. The number of aliphatic hydroxyl groups excluding tert-OH is 1. The van der Waals surface area contributed by atoms with E-state index in [9.17, 15) is 53.4 Å². The lowest BCUT2D eigenvalue weighted by Crippen LogP contribution is -2.61. The van der Waals surface area contributed by atoms with Gasteiger partial charge in [-0.2, -0.15) is 23.5 Å². The van der Waals surface area contributed by atoms with Crippen LogP contribution in [-0.2, 0) is 49.6 Å². The van der Waals surface area contributed by atoms with Gasteiger partial charge < -0.3 is 63.0 Å². The largest absolute Gasteiger partial charge is 0.480 e. The van der Waals surface area contributed by atoms with Crippen LogP contribution in [-0.4, -0.2) is 175 Å². The zero-order valence-electron chi connectivity index (χ0n) is 36.1. The lowest BCUT2D eigenvalue weighted by atomic mass is 10.0. The van der Waals surface area contributed by atoms with Crippen LogP contribution in [0.25, 0.3) is 0 Å². The van der Waals surface area contributed by atoms with Crippen LogP contribution in [0.3, 0.4) is 0 Å². The molecule has 0 saturated carbocycles. The van der Waals surface area contributed by atoms with Gasteiger partial charge in [-0.1, -0.05) is 13.8 Å². The molecule has 2 aliphatic rings. The fraction of sp³-hybridized carbons (Fsp3) is 0.692. The average Bonchev–Trinajstić information content (AvgIpc) is 4.06. The van der Waals surface area contributed by atoms with E-state index in [1.54, 1.807) is 31.9 Å². The number of aliphatic hydroxyl groups is 1. The molecule has 2 saturated heterocycles. The van der Waals surface area contributed by atoms with E-state index < -0.39 is 108 Å². The van der Waals surface area contributed by atoms with Gasteiger partial charge in [0, 0.05) is 37.8 Å². The molecule has 0 spiro atoms. The van der Waals surface area contributed by atoms with Crippen LogP contribution in [0.2, 0.25) is 0 Å². The number of carbonyl (C=O) groups is 9. The van der Waals surface area contributed by atoms with Crippen molar-refractivity contribution in [1.29, 1.82) is 0 Å². The average molecular weight is 926 g/mol. The number of hydrogen-bond acceptors (Lipinski definition) is 14. The van der Waals surface area contributed by atoms with Gasteiger partial charge in [-0.05, 0) is 74.9 Å². The maximum Gasteiger partial charge on any atom is 0.326 e. The molecule has 1 aromatic rings. The molecule has 0 unspecified atom stereocenters. The molecule has 3 heterocycles. The minimum Gasteiger partial charge on any atom is -0.480 e. The number of rotatable bonds is 26. The third-order valence-electron chi connectivity index (χ3n) is 10.8. The monoisotopic (exact) mass is 925 g/mol. The molecular formula is C39H63N11O11S2. The van der Waals surface area contributed by atoms with Crippen LogP contribution < -0.4 is 38.1 Å². The lowest BCUT2D eigenvalue weighted by molar-refractivity contribution is -0.145. The first-order valence-corrected chi connectivity index (χ1v) is 23.7. The Morgan fingerprint density at radius 2 is 1.33 bits per heavy atom. The number of nitrogens with one attached hydrogen (secondary N) is 6. The van der Waals surface area contributed by atoms with Crippen molar-refractivity contribution in [3.63, 3.8) is 0 Å². The number of H-pyrrole nitrogens is 1. The summed E-state index contributed by atoms with van der Waals surface area (Å²) in [5.74, 6) is -6.58. The zero-order valence-corrected chi connectivity index (χ0v) is 37.8. The van der Waals surface area contributed by atoms with E-state index in [4.69, 9.17) is 11.5 Å². The first-order valence-electron chi connectivity index (χ1n) is 20.9. The van der Waals surface area contributed by atoms with Gasteiger partial charge in [0.15, 0.2) is 0 Å². The molecule has 63 heavy (non-hydrogen) atoms. The van der Waals surface area contributed by atoms with Gasteiger partial charge in [0.25, 0.3) is 0 Å². The number of carboxylic acids is 1. The number of aromatic nitrogens is 2. The Hall–Kier alpha value is -4.94. The van der Waals surface area contributed by atoms with Gasteiger partial charge in [-0.15, -0.1) is 0 Å². The molecule has 2 fully saturated rings. The summed E-state index contributed by atoms with van der Waals surface area (Å²) >= 11 is 2.92. The van der Waals surface area contributed by atoms with E-state index in [2.05, 4.69) is 36.6 Å². The fourth-order valence-electron chi connectivity index (χ4n) is 7.30. The van der Waals surface area contributed by atoms with Crippen molar-refractivity contribution in [1.82, 2.24) is 46.4 Å². The number of imidazole rings is 1. The molecule has 8 amide bonds. The van der Waals surface area contributed by atoms with E-state index in [1.165, 1.54) is 34.1 Å². The van der Waals surface area contributed by atoms with Gasteiger partial charge in [0.1, 0.15) is 42.3 Å². The number of primary amides is 1. The number of thioether (sulfide) groups is 2. The summed E-state index contributed by atoms with van der Waals surface area (Å²) < 4.78 is 0. The standard InChI is InChI=1S/C39H63N11O11S2/c1-21(2)31(48-35(56)29-8-5-13-49(29)37(58)23(40)11-15-62-3)36(57)47-27(19-51)33(54)44-24(9-10-30(41)52)32(53)45-25(12-16-63-4)38(59)50-14-6-7-28(50)34(55)46-26(39(60)61)17-22-18-42-20-43-22/h18,20-21,23-29,31,51H,5-17,19,40H2,1-4H3,(H2,41,52)(H,42,43)(H,44,54)(H,45,53)(H,46,55)(H,47,57)(H,48,56)(H,60,61)/t23-,24-,25-,26-,27-,28-,29-,31-/m0/s1. The Balaban J connectivity index is 1.73. The van der Waals surface area contributed by atoms with Crippen molar-refractivity contribution in [2.45, 2.75) is 120 Å². The SMILES string of the molecule is CSCC[C@H](NC(=O)[C@H](CCC(N)=O)NC(=O)[C@H](CO)NC(=O)[C@@H](NC(=O)[C@@H]1CCCN1C(=O)[C@@H](N)CCSC)C(C)C)C(=O)N1CCC[C@H]1C(=O)N[C@@H](Cc1cnc[nH]1)C(=O)O. The minimum atomic E-state index is -1.64. The Kier molecular flexibility index (Phi) is 21.6. The van der Waals surface area contributed by atoms with Crippen molar-refractivity contribution >= 4 is 76.8 Å². The van der Waals surface area contributed by atoms with E-state index in [0.29, 0.717) is 49.4 Å². The molecular weight excluding hydrogens is 863 g/mol. The number of nitrogens with zero attached hydrogens (tertiary/aromatic N) is 3. The highest BCUT2D eigenvalue weighted by atomic mass is 32.2. The summed E-state index contributed by atoms with van der Waals surface area (Å²) in [7, 11) is 0. The van der Waals surface area contributed by atoms with Gasteiger partial charge in [-0.25, -0.2) is 9.78 Å². The normalized spacial score (nSPS) is 19.0. The fourth-order valence-corrected chi connectivity index (χ4v) is 8.27. The van der Waals surface area contributed by atoms with Crippen molar-refractivity contribution in [2.24, 2.45) is 17.4 Å². The maximum absolute atomic E-state index is 14.1. The second-order valence-electron chi connectivity index (χ2n) is 15.8. The summed E-state index contributed by atoms with van der Waals surface area (Å²) in [6.45, 7) is 2.84. The summed E-state index contributed by atoms with van der Waals surface area (Å²) in [6, 6.07) is -9.57. The number of carboxylic acid groups (broad SMARTS) is 1. The Morgan fingerprint density at radius 1 is 0.778 bits per heavy atom. The van der Waals surface area contributed by atoms with E-state index >= 15 is 0 Å². The second kappa shape index (κ2) is 26.0. The Morgan fingerprint density at radius 3 is 1.87 bits per heavy atom.